The van der Waals surface area contributed by atoms with E-state index in [0.717, 1.165) is 32.1 Å². The Morgan fingerprint density at radius 3 is 2.61 bits per heavy atom. The molecule has 0 bridgehead atoms. The van der Waals surface area contributed by atoms with Crippen molar-refractivity contribution in [3.8, 4) is 0 Å². The molecule has 0 aliphatic heterocycles. The number of aliphatic hydroxyl groups is 1. The lowest BCUT2D eigenvalue weighted by Crippen LogP contribution is -2.64. The van der Waals surface area contributed by atoms with E-state index in [9.17, 15) is 8.78 Å². The molecule has 0 saturated heterocycles. The third-order valence-electron chi connectivity index (χ3n) is 4.53. The lowest BCUT2D eigenvalue weighted by molar-refractivity contribution is -0.138. The van der Waals surface area contributed by atoms with Crippen LogP contribution in [0.15, 0.2) is 0 Å². The topological polar surface area (TPSA) is 41.5 Å². The second-order valence-electron chi connectivity index (χ2n) is 5.57. The van der Waals surface area contributed by atoms with Crippen molar-refractivity contribution in [2.75, 3.05) is 19.8 Å². The Labute approximate surface area is 107 Å². The Morgan fingerprint density at radius 2 is 2.06 bits per heavy atom. The highest BCUT2D eigenvalue weighted by molar-refractivity contribution is 5.10. The van der Waals surface area contributed by atoms with Crippen LogP contribution in [0.2, 0.25) is 0 Å². The molecule has 5 heteroatoms. The van der Waals surface area contributed by atoms with Crippen LogP contribution in [0.4, 0.5) is 8.78 Å². The van der Waals surface area contributed by atoms with Gasteiger partial charge < -0.3 is 15.2 Å². The summed E-state index contributed by atoms with van der Waals surface area (Å²) >= 11 is 0. The Bertz CT molecular complexity index is 280. The highest BCUT2D eigenvalue weighted by Crippen LogP contribution is 2.54. The van der Waals surface area contributed by atoms with Crippen molar-refractivity contribution in [2.45, 2.75) is 57.1 Å². The minimum absolute atomic E-state index is 0.0710. The lowest BCUT2D eigenvalue weighted by atomic mass is 9.60. The van der Waals surface area contributed by atoms with Crippen LogP contribution in [0.25, 0.3) is 0 Å². The summed E-state index contributed by atoms with van der Waals surface area (Å²) in [6, 6.07) is 0.119. The highest BCUT2D eigenvalue weighted by Gasteiger charge is 2.56. The average molecular weight is 263 g/mol. The minimum atomic E-state index is -3.02. The van der Waals surface area contributed by atoms with E-state index in [-0.39, 0.29) is 17.6 Å². The number of nitrogens with one attached hydrogen (secondary N) is 1. The van der Waals surface area contributed by atoms with Crippen LogP contribution in [-0.2, 0) is 4.74 Å². The molecular formula is C13H23F2NO2. The molecule has 2 saturated carbocycles. The van der Waals surface area contributed by atoms with E-state index in [1.54, 1.807) is 0 Å². The van der Waals surface area contributed by atoms with E-state index < -0.39 is 19.1 Å². The Kier molecular flexibility index (Phi) is 4.24. The van der Waals surface area contributed by atoms with Crippen molar-refractivity contribution >= 4 is 0 Å². The van der Waals surface area contributed by atoms with E-state index in [2.05, 4.69) is 5.32 Å². The number of halogens is 2. The zero-order valence-electron chi connectivity index (χ0n) is 10.9. The third kappa shape index (κ3) is 2.53. The predicted octanol–water partition coefficient (Wildman–Crippen LogP) is 1.94. The summed E-state index contributed by atoms with van der Waals surface area (Å²) in [5.74, 6) is -3.02. The average Bonchev–Trinajstić information content (AvgIpc) is 2.85. The van der Waals surface area contributed by atoms with Gasteiger partial charge in [0.05, 0.1) is 12.6 Å². The first-order valence-electron chi connectivity index (χ1n) is 6.88. The zero-order valence-corrected chi connectivity index (χ0v) is 10.9. The molecule has 0 aromatic rings. The summed E-state index contributed by atoms with van der Waals surface area (Å²) in [6.07, 6.45) is 5.51. The normalized spacial score (nSPS) is 30.7. The van der Waals surface area contributed by atoms with Gasteiger partial charge in [-0.1, -0.05) is 12.8 Å². The fourth-order valence-electron chi connectivity index (χ4n) is 3.50. The molecule has 0 aromatic carbocycles. The molecule has 2 fully saturated rings. The van der Waals surface area contributed by atoms with Crippen LogP contribution < -0.4 is 5.32 Å². The summed E-state index contributed by atoms with van der Waals surface area (Å²) < 4.78 is 31.8. The summed E-state index contributed by atoms with van der Waals surface area (Å²) in [5, 5.41) is 11.5. The van der Waals surface area contributed by atoms with Gasteiger partial charge in [-0.15, -0.1) is 0 Å². The molecule has 0 amide bonds. The van der Waals surface area contributed by atoms with E-state index in [1.807, 2.05) is 6.92 Å². The number of aliphatic hydroxyl groups excluding tert-OH is 1. The first-order chi connectivity index (χ1) is 8.54. The molecule has 18 heavy (non-hydrogen) atoms. The first kappa shape index (κ1) is 14.2. The van der Waals surface area contributed by atoms with E-state index in [0.29, 0.717) is 6.61 Å². The molecule has 2 atom stereocenters. The van der Waals surface area contributed by atoms with Gasteiger partial charge in [-0.05, 0) is 26.2 Å². The Hall–Kier alpha value is -0.260. The second kappa shape index (κ2) is 5.39. The van der Waals surface area contributed by atoms with Crippen molar-refractivity contribution in [3.05, 3.63) is 0 Å². The maximum absolute atomic E-state index is 13.1. The summed E-state index contributed by atoms with van der Waals surface area (Å²) in [6.45, 7) is 1.14. The molecule has 2 rings (SSSR count). The molecule has 2 aliphatic carbocycles. The standard InChI is InChI=1S/C13H23F2NO2/c1-2-18-11-7-10(12(11)5-3-4-6-12)16-8-13(14,15)9-17/h10-11,16-17H,2-9H2,1H3. The van der Waals surface area contributed by atoms with Crippen molar-refractivity contribution < 1.29 is 18.6 Å². The quantitative estimate of drug-likeness (QED) is 0.769. The van der Waals surface area contributed by atoms with Crippen LogP contribution in [0.5, 0.6) is 0 Å². The van der Waals surface area contributed by atoms with Crippen LogP contribution in [-0.4, -0.2) is 42.9 Å². The molecular weight excluding hydrogens is 240 g/mol. The number of ether oxygens (including phenoxy) is 1. The molecule has 0 radical (unpaired) electrons. The van der Waals surface area contributed by atoms with Crippen molar-refractivity contribution in [1.82, 2.24) is 5.32 Å². The monoisotopic (exact) mass is 263 g/mol. The molecule has 106 valence electrons. The lowest BCUT2D eigenvalue weighted by Gasteiger charge is -2.54. The Balaban J connectivity index is 1.90. The van der Waals surface area contributed by atoms with Gasteiger partial charge in [-0.3, -0.25) is 0 Å². The van der Waals surface area contributed by atoms with Crippen LogP contribution >= 0.6 is 0 Å². The van der Waals surface area contributed by atoms with Crippen molar-refractivity contribution in [3.63, 3.8) is 0 Å². The zero-order chi connectivity index (χ0) is 13.2. The number of rotatable bonds is 6. The van der Waals surface area contributed by atoms with Gasteiger partial charge >= 0.3 is 0 Å². The van der Waals surface area contributed by atoms with E-state index in [4.69, 9.17) is 9.84 Å². The highest BCUT2D eigenvalue weighted by atomic mass is 19.3. The summed E-state index contributed by atoms with van der Waals surface area (Å²) in [4.78, 5) is 0. The fraction of sp³-hybridized carbons (Fsp3) is 1.00. The second-order valence-corrected chi connectivity index (χ2v) is 5.57. The van der Waals surface area contributed by atoms with E-state index >= 15 is 0 Å². The minimum Gasteiger partial charge on any atom is -0.390 e. The Morgan fingerprint density at radius 1 is 1.39 bits per heavy atom. The molecule has 1 spiro atoms. The van der Waals surface area contributed by atoms with Gasteiger partial charge in [0.25, 0.3) is 5.92 Å². The fourth-order valence-corrected chi connectivity index (χ4v) is 3.50. The molecule has 2 N–H and O–H groups in total. The predicted molar refractivity (Wildman–Crippen MR) is 64.8 cm³/mol. The molecule has 2 unspecified atom stereocenters. The van der Waals surface area contributed by atoms with Gasteiger partial charge in [0.15, 0.2) is 0 Å². The van der Waals surface area contributed by atoms with Gasteiger partial charge in [0.1, 0.15) is 6.61 Å². The summed E-state index contributed by atoms with van der Waals surface area (Å²) in [7, 11) is 0. The van der Waals surface area contributed by atoms with Gasteiger partial charge in [0.2, 0.25) is 0 Å². The molecule has 0 aromatic heterocycles. The molecule has 3 nitrogen and oxygen atoms in total. The first-order valence-corrected chi connectivity index (χ1v) is 6.88. The van der Waals surface area contributed by atoms with Crippen LogP contribution in [0.1, 0.15) is 39.0 Å². The van der Waals surface area contributed by atoms with Gasteiger partial charge in [-0.25, -0.2) is 8.78 Å². The molecule has 0 heterocycles. The SMILES string of the molecule is CCOC1CC(NCC(F)(F)CO)C12CCCC2. The molecule has 2 aliphatic rings. The van der Waals surface area contributed by atoms with Crippen LogP contribution in [0.3, 0.4) is 0 Å². The smallest absolute Gasteiger partial charge is 0.282 e. The third-order valence-corrected chi connectivity index (χ3v) is 4.53. The maximum atomic E-state index is 13.1. The summed E-state index contributed by atoms with van der Waals surface area (Å²) in [5.41, 5.74) is 0.0710. The van der Waals surface area contributed by atoms with Crippen molar-refractivity contribution in [1.29, 1.82) is 0 Å². The van der Waals surface area contributed by atoms with Crippen LogP contribution in [0, 0.1) is 5.41 Å². The maximum Gasteiger partial charge on any atom is 0.282 e. The van der Waals surface area contributed by atoms with Gasteiger partial charge in [0, 0.05) is 18.1 Å². The van der Waals surface area contributed by atoms with Gasteiger partial charge in [-0.2, -0.15) is 0 Å². The largest absolute Gasteiger partial charge is 0.390 e. The number of hydrogen-bond acceptors (Lipinski definition) is 3. The van der Waals surface area contributed by atoms with Crippen molar-refractivity contribution in [2.24, 2.45) is 5.41 Å². The van der Waals surface area contributed by atoms with E-state index in [1.165, 1.54) is 0 Å². The number of alkyl halides is 2. The number of hydrogen-bond donors (Lipinski definition) is 2.